The molecular weight excluding hydrogens is 493 g/mol. The van der Waals surface area contributed by atoms with Crippen molar-refractivity contribution in [3.8, 4) is 17.0 Å². The summed E-state index contributed by atoms with van der Waals surface area (Å²) in [6.07, 6.45) is 9.03. The average Bonchev–Trinajstić information content (AvgIpc) is 3.21. The molecule has 0 aliphatic rings. The number of nitrogens with one attached hydrogen (secondary N) is 2. The number of methoxy groups -OCH3 is 1. The number of nitrogens with zero attached hydrogens (tertiary/aromatic N) is 1. The summed E-state index contributed by atoms with van der Waals surface area (Å²) in [4.78, 5) is 20.8. The Morgan fingerprint density at radius 2 is 1.92 bits per heavy atom. The summed E-state index contributed by atoms with van der Waals surface area (Å²) in [7, 11) is 1.63. The molecule has 0 spiro atoms. The van der Waals surface area contributed by atoms with E-state index in [4.69, 9.17) is 32.9 Å². The van der Waals surface area contributed by atoms with Gasteiger partial charge >= 0.3 is 0 Å². The first kappa shape index (κ1) is 25.3. The van der Waals surface area contributed by atoms with Gasteiger partial charge in [0.15, 0.2) is 0 Å². The molecule has 7 heteroatoms. The second kappa shape index (κ2) is 11.3. The topological polar surface area (TPSA) is 67.0 Å². The van der Waals surface area contributed by atoms with Crippen molar-refractivity contribution >= 4 is 58.7 Å². The number of hydrogen-bond donors (Lipinski definition) is 2. The maximum Gasteiger partial charge on any atom is 0.244 e. The number of carbonyl (C=O) groups is 1. The van der Waals surface area contributed by atoms with Gasteiger partial charge in [-0.3, -0.25) is 4.79 Å². The number of amides is 1. The minimum atomic E-state index is -0.250. The molecule has 36 heavy (non-hydrogen) atoms. The van der Waals surface area contributed by atoms with Gasteiger partial charge in [-0.15, -0.1) is 0 Å². The number of aromatic amines is 1. The molecule has 4 aromatic rings. The fraction of sp³-hybridized carbons (Fsp3) is 0.103. The summed E-state index contributed by atoms with van der Waals surface area (Å²) in [5.41, 5.74) is 4.07. The van der Waals surface area contributed by atoms with E-state index >= 15 is 0 Å². The first-order chi connectivity index (χ1) is 17.4. The van der Waals surface area contributed by atoms with Crippen molar-refractivity contribution in [1.29, 1.82) is 0 Å². The molecule has 1 amide bonds. The van der Waals surface area contributed by atoms with Crippen LogP contribution in [0.5, 0.6) is 5.75 Å². The number of hydrogen-bond acceptors (Lipinski definition) is 3. The van der Waals surface area contributed by atoms with Gasteiger partial charge in [0.2, 0.25) is 5.91 Å². The van der Waals surface area contributed by atoms with E-state index in [1.807, 2.05) is 55.5 Å². The van der Waals surface area contributed by atoms with Gasteiger partial charge in [-0.2, -0.15) is 0 Å². The van der Waals surface area contributed by atoms with Crippen LogP contribution in [0.25, 0.3) is 40.9 Å². The zero-order valence-corrected chi connectivity index (χ0v) is 21.5. The van der Waals surface area contributed by atoms with Gasteiger partial charge in [0.25, 0.3) is 0 Å². The number of ether oxygens (including phenoxy) is 1. The van der Waals surface area contributed by atoms with Crippen LogP contribution in [0.4, 0.5) is 0 Å². The number of fused-ring (bicyclic) bond motifs is 1. The molecule has 0 bridgehead atoms. The van der Waals surface area contributed by atoms with E-state index in [9.17, 15) is 4.79 Å². The molecule has 0 saturated heterocycles. The second-order valence-electron chi connectivity index (χ2n) is 8.05. The summed E-state index contributed by atoms with van der Waals surface area (Å²) >= 11 is 12.0. The molecule has 4 rings (SSSR count). The zero-order valence-electron chi connectivity index (χ0n) is 19.9. The van der Waals surface area contributed by atoms with Crippen LogP contribution in [0.2, 0.25) is 10.0 Å². The van der Waals surface area contributed by atoms with Gasteiger partial charge in [0, 0.05) is 27.6 Å². The van der Waals surface area contributed by atoms with Crippen molar-refractivity contribution in [2.45, 2.75) is 13.5 Å². The molecule has 0 fully saturated rings. The standard InChI is InChI=1S/C29H25Cl2N3O2/c1-4-5-6-26-18(2)23-16-21(17-32-27(35)14-8-19-7-13-24(30)25(31)15-19)33-28(29(23)34-26)20-9-11-22(36-3)12-10-20/h4-16,34H,2,17H2,1,3H3,(H,32,35)/b5-4-,14-8+,26-6+. The first-order valence-corrected chi connectivity index (χ1v) is 12.0. The van der Waals surface area contributed by atoms with Crippen molar-refractivity contribution in [2.75, 3.05) is 7.11 Å². The molecule has 0 aliphatic carbocycles. The summed E-state index contributed by atoms with van der Waals surface area (Å²) in [6, 6.07) is 14.8. The first-order valence-electron chi connectivity index (χ1n) is 11.3. The molecule has 2 N–H and O–H groups in total. The monoisotopic (exact) mass is 517 g/mol. The number of allylic oxidation sites excluding steroid dienone is 2. The lowest BCUT2D eigenvalue weighted by molar-refractivity contribution is -0.116. The van der Waals surface area contributed by atoms with Crippen LogP contribution in [0, 0.1) is 0 Å². The second-order valence-corrected chi connectivity index (χ2v) is 8.86. The number of aromatic nitrogens is 2. The van der Waals surface area contributed by atoms with Crippen molar-refractivity contribution in [2.24, 2.45) is 0 Å². The Balaban J connectivity index is 1.66. The molecule has 0 radical (unpaired) electrons. The molecule has 0 unspecified atom stereocenters. The highest BCUT2D eigenvalue weighted by Gasteiger charge is 2.12. The molecule has 0 aliphatic heterocycles. The van der Waals surface area contributed by atoms with Gasteiger partial charge in [-0.25, -0.2) is 4.98 Å². The lowest BCUT2D eigenvalue weighted by Gasteiger charge is -2.09. The number of halogens is 2. The van der Waals surface area contributed by atoms with E-state index in [0.717, 1.165) is 44.0 Å². The number of pyridine rings is 1. The van der Waals surface area contributed by atoms with Crippen LogP contribution in [0.1, 0.15) is 18.2 Å². The van der Waals surface area contributed by atoms with Gasteiger partial charge in [0.1, 0.15) is 5.75 Å². The molecule has 2 aromatic heterocycles. The van der Waals surface area contributed by atoms with E-state index in [-0.39, 0.29) is 12.5 Å². The van der Waals surface area contributed by atoms with E-state index < -0.39 is 0 Å². The van der Waals surface area contributed by atoms with E-state index in [0.29, 0.717) is 15.7 Å². The highest BCUT2D eigenvalue weighted by atomic mass is 35.5. The Labute approximate surface area is 219 Å². The Morgan fingerprint density at radius 3 is 2.61 bits per heavy atom. The smallest absolute Gasteiger partial charge is 0.244 e. The fourth-order valence-corrected chi connectivity index (χ4v) is 4.03. The van der Waals surface area contributed by atoms with Gasteiger partial charge < -0.3 is 15.0 Å². The maximum atomic E-state index is 12.5. The largest absolute Gasteiger partial charge is 0.497 e. The summed E-state index contributed by atoms with van der Waals surface area (Å²) in [6.45, 7) is 6.49. The third-order valence-electron chi connectivity index (χ3n) is 5.62. The lowest BCUT2D eigenvalue weighted by atomic mass is 10.1. The molecule has 2 aromatic carbocycles. The van der Waals surface area contributed by atoms with Crippen LogP contribution in [-0.4, -0.2) is 23.0 Å². The van der Waals surface area contributed by atoms with Crippen molar-refractivity contribution in [1.82, 2.24) is 15.3 Å². The SMILES string of the molecule is C=c1/c(=C\C=C/C)[nH]c2c(-c3ccc(OC)cc3)nc(CNC(=O)/C=C/c3ccc(Cl)c(Cl)c3)cc12. The quantitative estimate of drug-likeness (QED) is 0.311. The Kier molecular flexibility index (Phi) is 7.93. The fourth-order valence-electron chi connectivity index (χ4n) is 3.73. The third kappa shape index (κ3) is 5.70. The van der Waals surface area contributed by atoms with Gasteiger partial charge in [-0.1, -0.05) is 48.0 Å². The number of H-pyrrole nitrogens is 1. The predicted molar refractivity (Wildman–Crippen MR) is 149 cm³/mol. The van der Waals surface area contributed by atoms with Crippen LogP contribution >= 0.6 is 23.2 Å². The molecule has 0 atom stereocenters. The Bertz CT molecular complexity index is 1590. The van der Waals surface area contributed by atoms with Crippen molar-refractivity contribution < 1.29 is 9.53 Å². The van der Waals surface area contributed by atoms with Gasteiger partial charge in [-0.05, 0) is 67.1 Å². The van der Waals surface area contributed by atoms with Crippen LogP contribution in [0.15, 0.2) is 66.8 Å². The van der Waals surface area contributed by atoms with Crippen LogP contribution < -0.4 is 20.6 Å². The van der Waals surface area contributed by atoms with E-state index in [2.05, 4.69) is 16.9 Å². The number of benzene rings is 2. The summed E-state index contributed by atoms with van der Waals surface area (Å²) in [5.74, 6) is 0.513. The minimum absolute atomic E-state index is 0.250. The number of carbonyl (C=O) groups excluding carboxylic acids is 1. The third-order valence-corrected chi connectivity index (χ3v) is 6.35. The highest BCUT2D eigenvalue weighted by Crippen LogP contribution is 2.26. The maximum absolute atomic E-state index is 12.5. The van der Waals surface area contributed by atoms with Crippen molar-refractivity contribution in [3.63, 3.8) is 0 Å². The molecular formula is C29H25Cl2N3O2. The predicted octanol–water partition coefficient (Wildman–Crippen LogP) is 5.64. The normalized spacial score (nSPS) is 12.2. The lowest BCUT2D eigenvalue weighted by Crippen LogP contribution is -2.22. The number of rotatable bonds is 7. The summed E-state index contributed by atoms with van der Waals surface area (Å²) in [5, 5.41) is 6.52. The Hall–Kier alpha value is -3.80. The van der Waals surface area contributed by atoms with Crippen molar-refractivity contribution in [3.05, 3.63) is 98.6 Å². The zero-order chi connectivity index (χ0) is 25.7. The molecule has 182 valence electrons. The Morgan fingerprint density at radius 1 is 1.14 bits per heavy atom. The van der Waals surface area contributed by atoms with E-state index in [1.165, 1.54) is 6.08 Å². The van der Waals surface area contributed by atoms with E-state index in [1.54, 1.807) is 31.4 Å². The summed E-state index contributed by atoms with van der Waals surface area (Å²) < 4.78 is 5.30. The molecule has 5 nitrogen and oxygen atoms in total. The van der Waals surface area contributed by atoms with Crippen LogP contribution in [0.3, 0.4) is 0 Å². The molecule has 2 heterocycles. The highest BCUT2D eigenvalue weighted by molar-refractivity contribution is 6.42. The van der Waals surface area contributed by atoms with Gasteiger partial charge in [0.05, 0.1) is 40.6 Å². The minimum Gasteiger partial charge on any atom is -0.497 e. The molecule has 0 saturated carbocycles. The van der Waals surface area contributed by atoms with Crippen LogP contribution in [-0.2, 0) is 11.3 Å². The average molecular weight is 518 g/mol.